The van der Waals surface area contributed by atoms with Gasteiger partial charge in [0.05, 0.1) is 17.7 Å². The van der Waals surface area contributed by atoms with Crippen molar-refractivity contribution in [1.82, 2.24) is 4.90 Å². The van der Waals surface area contributed by atoms with Crippen LogP contribution in [0.25, 0.3) is 0 Å². The number of nitrogens with two attached hydrogens (primary N) is 1. The van der Waals surface area contributed by atoms with E-state index in [1.165, 1.54) is 11.0 Å². The van der Waals surface area contributed by atoms with Crippen molar-refractivity contribution in [1.29, 1.82) is 5.41 Å². The van der Waals surface area contributed by atoms with Crippen LogP contribution in [-0.2, 0) is 19.1 Å². The molecule has 1 aliphatic rings. The van der Waals surface area contributed by atoms with E-state index in [9.17, 15) is 32.3 Å². The molecule has 2 aromatic rings. The summed E-state index contributed by atoms with van der Waals surface area (Å²) in [5.74, 6) is 0.649. The molecule has 9 nitrogen and oxygen atoms in total. The maximum Gasteiger partial charge on any atom is 0.491 e. The summed E-state index contributed by atoms with van der Waals surface area (Å²) in [6.07, 6.45) is -6.07. The number of rotatable bonds is 6. The van der Waals surface area contributed by atoms with Crippen molar-refractivity contribution in [2.75, 3.05) is 24.5 Å². The van der Waals surface area contributed by atoms with E-state index in [4.69, 9.17) is 11.1 Å². The Morgan fingerprint density at radius 3 is 2.28 bits per heavy atom. The van der Waals surface area contributed by atoms with Crippen LogP contribution in [0.15, 0.2) is 42.5 Å². The quantitative estimate of drug-likeness (QED) is 0.190. The van der Waals surface area contributed by atoms with Gasteiger partial charge in [-0.25, -0.2) is 4.79 Å². The van der Waals surface area contributed by atoms with Crippen LogP contribution >= 0.6 is 0 Å². The Labute approximate surface area is 222 Å². The lowest BCUT2D eigenvalue weighted by molar-refractivity contribution is -0.201. The molecule has 2 amide bonds. The number of nitrogens with one attached hydrogen (secondary N) is 1. The first-order valence-corrected chi connectivity index (χ1v) is 11.8. The summed E-state index contributed by atoms with van der Waals surface area (Å²) in [6.45, 7) is 3.21. The molecule has 0 spiro atoms. The van der Waals surface area contributed by atoms with Crippen LogP contribution in [0.1, 0.15) is 47.3 Å². The van der Waals surface area contributed by atoms with Gasteiger partial charge in [0.25, 0.3) is 5.91 Å². The number of fused-ring (bicyclic) bond motifs is 1. The van der Waals surface area contributed by atoms with Gasteiger partial charge in [-0.05, 0) is 36.2 Å². The smallest absolute Gasteiger partial charge is 0.386 e. The van der Waals surface area contributed by atoms with Gasteiger partial charge >= 0.3 is 18.1 Å². The number of amidine groups is 1. The number of hydrogen-bond donors (Lipinski definition) is 2. The number of anilines is 1. The number of carbonyl (C=O) groups excluding carboxylic acids is 4. The number of hydrogen-bond acceptors (Lipinski definition) is 6. The lowest BCUT2D eigenvalue weighted by Gasteiger charge is -2.24. The van der Waals surface area contributed by atoms with Crippen molar-refractivity contribution in [3.8, 4) is 11.8 Å². The maximum absolute atomic E-state index is 13.4. The number of nitrogens with zero attached hydrogens (tertiary/aromatic N) is 2. The highest BCUT2D eigenvalue weighted by atomic mass is 19.4. The average molecular weight is 543 g/mol. The molecule has 204 valence electrons. The van der Waals surface area contributed by atoms with Gasteiger partial charge in [0.15, 0.2) is 0 Å². The van der Waals surface area contributed by atoms with E-state index in [1.807, 2.05) is 13.8 Å². The van der Waals surface area contributed by atoms with Gasteiger partial charge in [-0.1, -0.05) is 37.8 Å². The molecule has 0 fully saturated rings. The monoisotopic (exact) mass is 542 g/mol. The van der Waals surface area contributed by atoms with Crippen molar-refractivity contribution in [3.63, 3.8) is 0 Å². The molecule has 2 aromatic carbocycles. The van der Waals surface area contributed by atoms with Crippen molar-refractivity contribution >= 4 is 35.3 Å². The highest BCUT2D eigenvalue weighted by molar-refractivity contribution is 6.10. The minimum Gasteiger partial charge on any atom is -0.386 e. The molecule has 1 aliphatic heterocycles. The van der Waals surface area contributed by atoms with Crippen LogP contribution in [-0.4, -0.2) is 60.3 Å². The lowest BCUT2D eigenvalue weighted by atomic mass is 10.0. The standard InChI is InChI=1S/C27H25F3N4O5/c1-16(2)14-34-21-10-7-18(4-3-17-5-8-19(9-6-17)24(31)32)13-20(21)25(37)33(15-22(34)35)12-11-23(36)39-26(38)27(28,29)30/h5-10,13,16H,11-12,14-15H2,1-2H3,(H3,31,32). The molecule has 3 N–H and O–H groups in total. The molecule has 12 heteroatoms. The third-order valence-corrected chi connectivity index (χ3v) is 5.55. The lowest BCUT2D eigenvalue weighted by Crippen LogP contribution is -2.41. The zero-order valence-electron chi connectivity index (χ0n) is 21.1. The predicted molar refractivity (Wildman–Crippen MR) is 135 cm³/mol. The molecule has 1 heterocycles. The maximum atomic E-state index is 13.4. The van der Waals surface area contributed by atoms with E-state index in [1.54, 1.807) is 36.4 Å². The third kappa shape index (κ3) is 7.44. The van der Waals surface area contributed by atoms with Gasteiger partial charge in [-0.3, -0.25) is 19.8 Å². The van der Waals surface area contributed by atoms with Gasteiger partial charge in [0.2, 0.25) is 5.91 Å². The first-order valence-electron chi connectivity index (χ1n) is 11.8. The van der Waals surface area contributed by atoms with Crippen LogP contribution in [0.4, 0.5) is 18.9 Å². The summed E-state index contributed by atoms with van der Waals surface area (Å²) in [6, 6.07) is 11.4. The Bertz CT molecular complexity index is 1370. The van der Waals surface area contributed by atoms with Gasteiger partial charge in [-0.15, -0.1) is 0 Å². The van der Waals surface area contributed by atoms with Crippen molar-refractivity contribution in [2.24, 2.45) is 11.7 Å². The zero-order valence-corrected chi connectivity index (χ0v) is 21.1. The van der Waals surface area contributed by atoms with E-state index in [0.717, 1.165) is 4.90 Å². The Morgan fingerprint density at radius 2 is 1.69 bits per heavy atom. The molecule has 39 heavy (non-hydrogen) atoms. The molecule has 0 unspecified atom stereocenters. The van der Waals surface area contributed by atoms with Crippen LogP contribution in [0.2, 0.25) is 0 Å². The van der Waals surface area contributed by atoms with Gasteiger partial charge in [-0.2, -0.15) is 13.2 Å². The molecule has 0 atom stereocenters. The van der Waals surface area contributed by atoms with Crippen molar-refractivity contribution < 1.29 is 37.1 Å². The van der Waals surface area contributed by atoms with E-state index in [-0.39, 0.29) is 17.3 Å². The molecule has 0 aliphatic carbocycles. The van der Waals surface area contributed by atoms with E-state index in [2.05, 4.69) is 16.6 Å². The number of carbonyl (C=O) groups is 4. The number of esters is 2. The molecule has 0 saturated heterocycles. The summed E-state index contributed by atoms with van der Waals surface area (Å²) in [7, 11) is 0. The number of benzene rings is 2. The highest BCUT2D eigenvalue weighted by Crippen LogP contribution is 2.28. The second-order valence-electron chi connectivity index (χ2n) is 9.11. The molecule has 3 rings (SSSR count). The fourth-order valence-electron chi connectivity index (χ4n) is 3.71. The topological polar surface area (TPSA) is 134 Å². The Hall–Kier alpha value is -4.66. The molecule has 0 aromatic heterocycles. The normalized spacial score (nSPS) is 13.4. The van der Waals surface area contributed by atoms with Crippen LogP contribution < -0.4 is 10.6 Å². The molecule has 0 saturated carbocycles. The number of ether oxygens (including phenoxy) is 1. The van der Waals surface area contributed by atoms with Gasteiger partial charge in [0, 0.05) is 29.8 Å². The number of halogens is 3. The summed E-state index contributed by atoms with van der Waals surface area (Å²) >= 11 is 0. The van der Waals surface area contributed by atoms with Gasteiger partial charge in [0.1, 0.15) is 12.4 Å². The molecule has 0 bridgehead atoms. The number of nitrogen functional groups attached to an aromatic ring is 1. The first-order chi connectivity index (χ1) is 18.3. The number of amides is 2. The minimum atomic E-state index is -5.34. The molecule has 0 radical (unpaired) electrons. The van der Waals surface area contributed by atoms with E-state index in [0.29, 0.717) is 28.9 Å². The summed E-state index contributed by atoms with van der Waals surface area (Å²) in [5.41, 5.74) is 7.54. The Morgan fingerprint density at radius 1 is 1.08 bits per heavy atom. The number of alkyl halides is 3. The van der Waals surface area contributed by atoms with Gasteiger partial charge < -0.3 is 20.3 Å². The van der Waals surface area contributed by atoms with E-state index < -0.39 is 49.4 Å². The largest absolute Gasteiger partial charge is 0.491 e. The Kier molecular flexibility index (Phi) is 8.75. The summed E-state index contributed by atoms with van der Waals surface area (Å²) in [4.78, 5) is 51.6. The summed E-state index contributed by atoms with van der Waals surface area (Å²) in [5, 5.41) is 7.46. The van der Waals surface area contributed by atoms with Crippen LogP contribution in [0.3, 0.4) is 0 Å². The van der Waals surface area contributed by atoms with Crippen LogP contribution in [0, 0.1) is 23.2 Å². The first kappa shape index (κ1) is 28.9. The highest BCUT2D eigenvalue weighted by Gasteiger charge is 2.42. The second kappa shape index (κ2) is 11.8. The second-order valence-corrected chi connectivity index (χ2v) is 9.11. The van der Waals surface area contributed by atoms with Crippen molar-refractivity contribution in [3.05, 3.63) is 64.7 Å². The van der Waals surface area contributed by atoms with Crippen LogP contribution in [0.5, 0.6) is 0 Å². The predicted octanol–water partition coefficient (Wildman–Crippen LogP) is 2.84. The zero-order chi connectivity index (χ0) is 28.9. The molecular formula is C27H25F3N4O5. The fourth-order valence-corrected chi connectivity index (χ4v) is 3.71. The SMILES string of the molecule is CC(C)CN1C(=O)CN(CCC(=O)OC(=O)C(F)(F)F)C(=O)c2cc(C#Cc3ccc(C(=N)N)cc3)ccc21. The average Bonchev–Trinajstić information content (AvgIpc) is 2.95. The minimum absolute atomic E-state index is 0.0456. The molecular weight excluding hydrogens is 517 g/mol. The fraction of sp³-hybridized carbons (Fsp3) is 0.296. The summed E-state index contributed by atoms with van der Waals surface area (Å²) < 4.78 is 40.9. The Balaban J connectivity index is 1.89. The van der Waals surface area contributed by atoms with Crippen molar-refractivity contribution in [2.45, 2.75) is 26.4 Å². The third-order valence-electron chi connectivity index (χ3n) is 5.55. The van der Waals surface area contributed by atoms with E-state index >= 15 is 0 Å².